The zero-order chi connectivity index (χ0) is 16.2. The summed E-state index contributed by atoms with van der Waals surface area (Å²) >= 11 is 0. The summed E-state index contributed by atoms with van der Waals surface area (Å²) in [5, 5.41) is 3.19. The van der Waals surface area contributed by atoms with E-state index in [0.29, 0.717) is 11.5 Å². The van der Waals surface area contributed by atoms with Crippen LogP contribution in [0.3, 0.4) is 0 Å². The van der Waals surface area contributed by atoms with Crippen molar-refractivity contribution < 1.29 is 4.79 Å². The maximum Gasteiger partial charge on any atom is 0.229 e. The Morgan fingerprint density at radius 1 is 1.26 bits per heavy atom. The number of ketones is 1. The number of Topliss-reactive ketones (excluding diaryl/α,β-unsaturated/α-hetero) is 1. The molecule has 1 aliphatic heterocycles. The predicted molar refractivity (Wildman–Crippen MR) is 92.4 cm³/mol. The molecule has 0 bridgehead atoms. The average Bonchev–Trinajstić information content (AvgIpc) is 2.56. The minimum atomic E-state index is 0.0470. The van der Waals surface area contributed by atoms with Crippen molar-refractivity contribution in [2.45, 2.75) is 26.7 Å². The van der Waals surface area contributed by atoms with Gasteiger partial charge in [-0.1, -0.05) is 19.1 Å². The van der Waals surface area contributed by atoms with Crippen LogP contribution >= 0.6 is 0 Å². The summed E-state index contributed by atoms with van der Waals surface area (Å²) < 4.78 is 0. The van der Waals surface area contributed by atoms with Gasteiger partial charge in [-0.2, -0.15) is 4.98 Å². The van der Waals surface area contributed by atoms with E-state index in [1.807, 2.05) is 24.3 Å². The fraction of sp³-hybridized carbons (Fsp3) is 0.389. The summed E-state index contributed by atoms with van der Waals surface area (Å²) in [6, 6.07) is 9.34. The minimum absolute atomic E-state index is 0.0470. The van der Waals surface area contributed by atoms with E-state index < -0.39 is 0 Å². The van der Waals surface area contributed by atoms with Gasteiger partial charge in [0.05, 0.1) is 0 Å². The highest BCUT2D eigenvalue weighted by Gasteiger charge is 2.17. The van der Waals surface area contributed by atoms with Gasteiger partial charge in [0.15, 0.2) is 5.78 Å². The number of nitrogens with one attached hydrogen (secondary N) is 1. The quantitative estimate of drug-likeness (QED) is 0.873. The van der Waals surface area contributed by atoms with Gasteiger partial charge in [0.2, 0.25) is 5.95 Å². The Kier molecular flexibility index (Phi) is 4.55. The lowest BCUT2D eigenvalue weighted by Gasteiger charge is -2.31. The van der Waals surface area contributed by atoms with E-state index in [-0.39, 0.29) is 5.78 Å². The third-order valence-corrected chi connectivity index (χ3v) is 4.27. The van der Waals surface area contributed by atoms with Crippen LogP contribution in [0.5, 0.6) is 0 Å². The van der Waals surface area contributed by atoms with Crippen molar-refractivity contribution in [3.63, 3.8) is 0 Å². The van der Waals surface area contributed by atoms with E-state index >= 15 is 0 Å². The number of anilines is 3. The van der Waals surface area contributed by atoms with Crippen molar-refractivity contribution in [3.05, 3.63) is 42.1 Å². The number of carbonyl (C=O) groups excluding carboxylic acids is 1. The van der Waals surface area contributed by atoms with Crippen molar-refractivity contribution in [1.82, 2.24) is 9.97 Å². The standard InChI is InChI=1S/C18H22N4O/c1-13-7-10-22(11-8-13)17-6-9-19-18(21-17)20-16-5-3-4-15(12-16)14(2)23/h3-6,9,12-13H,7-8,10-11H2,1-2H3,(H,19,20,21). The first-order chi connectivity index (χ1) is 11.1. The maximum atomic E-state index is 11.5. The molecule has 23 heavy (non-hydrogen) atoms. The second-order valence-electron chi connectivity index (χ2n) is 6.17. The molecule has 5 nitrogen and oxygen atoms in total. The van der Waals surface area contributed by atoms with Crippen LogP contribution in [-0.4, -0.2) is 28.8 Å². The molecule has 1 aromatic carbocycles. The van der Waals surface area contributed by atoms with Gasteiger partial charge in [0.25, 0.3) is 0 Å². The van der Waals surface area contributed by atoms with Gasteiger partial charge in [-0.25, -0.2) is 4.98 Å². The molecule has 120 valence electrons. The Morgan fingerprint density at radius 3 is 2.78 bits per heavy atom. The van der Waals surface area contributed by atoms with E-state index in [4.69, 9.17) is 0 Å². The third-order valence-electron chi connectivity index (χ3n) is 4.27. The number of hydrogen-bond donors (Lipinski definition) is 1. The highest BCUT2D eigenvalue weighted by atomic mass is 16.1. The van der Waals surface area contributed by atoms with Gasteiger partial charge < -0.3 is 10.2 Å². The van der Waals surface area contributed by atoms with Gasteiger partial charge in [0.1, 0.15) is 5.82 Å². The van der Waals surface area contributed by atoms with Crippen LogP contribution in [-0.2, 0) is 0 Å². The predicted octanol–water partition coefficient (Wildman–Crippen LogP) is 3.66. The number of rotatable bonds is 4. The van der Waals surface area contributed by atoms with E-state index in [9.17, 15) is 4.79 Å². The van der Waals surface area contributed by atoms with E-state index in [0.717, 1.165) is 30.5 Å². The molecule has 1 aromatic heterocycles. The lowest BCUT2D eigenvalue weighted by atomic mass is 9.99. The molecular formula is C18H22N4O. The maximum absolute atomic E-state index is 11.5. The smallest absolute Gasteiger partial charge is 0.229 e. The Morgan fingerprint density at radius 2 is 2.04 bits per heavy atom. The highest BCUT2D eigenvalue weighted by molar-refractivity contribution is 5.95. The Bertz CT molecular complexity index is 693. The normalized spacial score (nSPS) is 15.5. The molecule has 2 heterocycles. The summed E-state index contributed by atoms with van der Waals surface area (Å²) in [6.07, 6.45) is 4.18. The van der Waals surface area contributed by atoms with Gasteiger partial charge >= 0.3 is 0 Å². The highest BCUT2D eigenvalue weighted by Crippen LogP contribution is 2.22. The largest absolute Gasteiger partial charge is 0.356 e. The van der Waals surface area contributed by atoms with E-state index in [1.165, 1.54) is 12.8 Å². The second kappa shape index (κ2) is 6.77. The van der Waals surface area contributed by atoms with Crippen LogP contribution in [0.4, 0.5) is 17.5 Å². The van der Waals surface area contributed by atoms with Crippen molar-refractivity contribution in [3.8, 4) is 0 Å². The average molecular weight is 310 g/mol. The number of nitrogens with zero attached hydrogens (tertiary/aromatic N) is 3. The molecule has 1 N–H and O–H groups in total. The third kappa shape index (κ3) is 3.86. The zero-order valence-electron chi connectivity index (χ0n) is 13.6. The van der Waals surface area contributed by atoms with Crippen LogP contribution in [0.25, 0.3) is 0 Å². The van der Waals surface area contributed by atoms with Gasteiger partial charge in [0, 0.05) is 30.5 Å². The van der Waals surface area contributed by atoms with Crippen LogP contribution in [0, 0.1) is 5.92 Å². The van der Waals surface area contributed by atoms with E-state index in [1.54, 1.807) is 19.2 Å². The number of aromatic nitrogens is 2. The summed E-state index contributed by atoms with van der Waals surface area (Å²) in [5.41, 5.74) is 1.50. The lowest BCUT2D eigenvalue weighted by Crippen LogP contribution is -2.33. The Labute approximate surface area is 136 Å². The van der Waals surface area contributed by atoms with Crippen molar-refractivity contribution in [2.75, 3.05) is 23.3 Å². The SMILES string of the molecule is CC(=O)c1cccc(Nc2nccc(N3CCC(C)CC3)n2)c1. The number of piperidine rings is 1. The zero-order valence-corrected chi connectivity index (χ0v) is 13.6. The fourth-order valence-corrected chi connectivity index (χ4v) is 2.77. The first-order valence-electron chi connectivity index (χ1n) is 8.08. The summed E-state index contributed by atoms with van der Waals surface area (Å²) in [7, 11) is 0. The number of hydrogen-bond acceptors (Lipinski definition) is 5. The van der Waals surface area contributed by atoms with Crippen LogP contribution < -0.4 is 10.2 Å². The molecule has 5 heteroatoms. The molecule has 0 atom stereocenters. The molecular weight excluding hydrogens is 288 g/mol. The van der Waals surface area contributed by atoms with Crippen LogP contribution in [0.2, 0.25) is 0 Å². The van der Waals surface area contributed by atoms with E-state index in [2.05, 4.69) is 27.1 Å². The first kappa shape index (κ1) is 15.5. The molecule has 1 aliphatic rings. The van der Waals surface area contributed by atoms with Gasteiger partial charge in [-0.05, 0) is 43.9 Å². The van der Waals surface area contributed by atoms with Crippen LogP contribution in [0.15, 0.2) is 36.5 Å². The molecule has 2 aromatic rings. The van der Waals surface area contributed by atoms with Gasteiger partial charge in [-0.15, -0.1) is 0 Å². The van der Waals surface area contributed by atoms with Crippen molar-refractivity contribution in [1.29, 1.82) is 0 Å². The molecule has 0 saturated carbocycles. The molecule has 0 spiro atoms. The summed E-state index contributed by atoms with van der Waals surface area (Å²) in [5.74, 6) is 2.35. The summed E-state index contributed by atoms with van der Waals surface area (Å²) in [4.78, 5) is 22.7. The van der Waals surface area contributed by atoms with Crippen molar-refractivity contribution in [2.24, 2.45) is 5.92 Å². The molecule has 0 radical (unpaired) electrons. The second-order valence-corrected chi connectivity index (χ2v) is 6.17. The minimum Gasteiger partial charge on any atom is -0.356 e. The molecule has 3 rings (SSSR count). The first-order valence-corrected chi connectivity index (χ1v) is 8.08. The van der Waals surface area contributed by atoms with Gasteiger partial charge in [-0.3, -0.25) is 4.79 Å². The number of benzene rings is 1. The number of carbonyl (C=O) groups is 1. The Balaban J connectivity index is 1.75. The lowest BCUT2D eigenvalue weighted by molar-refractivity contribution is 0.101. The molecule has 1 fully saturated rings. The summed E-state index contributed by atoms with van der Waals surface area (Å²) in [6.45, 7) is 5.94. The molecule has 1 saturated heterocycles. The van der Waals surface area contributed by atoms with Crippen molar-refractivity contribution >= 4 is 23.2 Å². The fourth-order valence-electron chi connectivity index (χ4n) is 2.77. The topological polar surface area (TPSA) is 58.1 Å². The Hall–Kier alpha value is -2.43. The molecule has 0 unspecified atom stereocenters. The monoisotopic (exact) mass is 310 g/mol. The molecule has 0 amide bonds. The van der Waals surface area contributed by atoms with Crippen LogP contribution in [0.1, 0.15) is 37.0 Å². The molecule has 0 aliphatic carbocycles.